The van der Waals surface area contributed by atoms with Crippen LogP contribution in [0.2, 0.25) is 0 Å². The Morgan fingerprint density at radius 1 is 1.35 bits per heavy atom. The Morgan fingerprint density at radius 3 is 2.75 bits per heavy atom. The van der Waals surface area contributed by atoms with E-state index in [-0.39, 0.29) is 16.1 Å². The molecule has 0 radical (unpaired) electrons. The first-order chi connectivity index (χ1) is 9.49. The number of aromatic nitrogens is 1. The van der Waals surface area contributed by atoms with Crippen molar-refractivity contribution in [1.82, 2.24) is 4.98 Å². The van der Waals surface area contributed by atoms with Gasteiger partial charge in [-0.25, -0.2) is 4.98 Å². The number of para-hydroxylation sites is 1. The number of hydrogen-bond acceptors (Lipinski definition) is 4. The summed E-state index contributed by atoms with van der Waals surface area (Å²) in [6, 6.07) is 6.96. The van der Waals surface area contributed by atoms with Crippen molar-refractivity contribution >= 4 is 22.3 Å². The van der Waals surface area contributed by atoms with E-state index >= 15 is 0 Å². The lowest BCUT2D eigenvalue weighted by Crippen LogP contribution is -2.33. The van der Waals surface area contributed by atoms with Gasteiger partial charge in [-0.2, -0.15) is 0 Å². The minimum atomic E-state index is -0.384. The van der Waals surface area contributed by atoms with Crippen molar-refractivity contribution in [3.8, 4) is 0 Å². The SMILES string of the molecule is CC(C)(Nc1ccnc2c([N+](=O)[O-])cccc12)C1CC1. The van der Waals surface area contributed by atoms with E-state index in [1.165, 1.54) is 18.9 Å². The maximum absolute atomic E-state index is 11.1. The number of benzene rings is 1. The summed E-state index contributed by atoms with van der Waals surface area (Å²) in [5.41, 5.74) is 1.40. The molecule has 0 spiro atoms. The number of anilines is 1. The quantitative estimate of drug-likeness (QED) is 0.679. The van der Waals surface area contributed by atoms with E-state index in [0.717, 1.165) is 11.1 Å². The van der Waals surface area contributed by atoms with Gasteiger partial charge >= 0.3 is 0 Å². The van der Waals surface area contributed by atoms with Gasteiger partial charge < -0.3 is 5.32 Å². The van der Waals surface area contributed by atoms with Crippen molar-refractivity contribution in [1.29, 1.82) is 0 Å². The summed E-state index contributed by atoms with van der Waals surface area (Å²) in [7, 11) is 0. The average Bonchev–Trinajstić information content (AvgIpc) is 3.22. The van der Waals surface area contributed by atoms with Crippen LogP contribution in [0.5, 0.6) is 0 Å². The second kappa shape index (κ2) is 4.44. The molecule has 1 aliphatic rings. The largest absolute Gasteiger partial charge is 0.379 e. The zero-order valence-electron chi connectivity index (χ0n) is 11.6. The van der Waals surface area contributed by atoms with E-state index < -0.39 is 0 Å². The lowest BCUT2D eigenvalue weighted by Gasteiger charge is -2.28. The third-order valence-corrected chi connectivity index (χ3v) is 4.00. The van der Waals surface area contributed by atoms with Crippen LogP contribution in [-0.2, 0) is 0 Å². The van der Waals surface area contributed by atoms with Gasteiger partial charge in [-0.05, 0) is 38.7 Å². The molecule has 2 aromatic rings. The molecule has 5 nitrogen and oxygen atoms in total. The summed E-state index contributed by atoms with van der Waals surface area (Å²) < 4.78 is 0. The van der Waals surface area contributed by atoms with Crippen molar-refractivity contribution in [3.63, 3.8) is 0 Å². The third kappa shape index (κ3) is 2.19. The van der Waals surface area contributed by atoms with Gasteiger partial charge in [-0.3, -0.25) is 10.1 Å². The van der Waals surface area contributed by atoms with Crippen molar-refractivity contribution in [2.45, 2.75) is 32.2 Å². The van der Waals surface area contributed by atoms with Gasteiger partial charge in [0.2, 0.25) is 0 Å². The molecular formula is C15H17N3O2. The van der Waals surface area contributed by atoms with Crippen LogP contribution in [0.1, 0.15) is 26.7 Å². The molecule has 20 heavy (non-hydrogen) atoms. The van der Waals surface area contributed by atoms with Crippen molar-refractivity contribution in [2.75, 3.05) is 5.32 Å². The number of hydrogen-bond donors (Lipinski definition) is 1. The molecule has 0 bridgehead atoms. The predicted octanol–water partition coefficient (Wildman–Crippen LogP) is 3.74. The van der Waals surface area contributed by atoms with Gasteiger partial charge in [0.15, 0.2) is 0 Å². The Morgan fingerprint density at radius 2 is 2.10 bits per heavy atom. The average molecular weight is 271 g/mol. The molecule has 1 saturated carbocycles. The van der Waals surface area contributed by atoms with E-state index in [2.05, 4.69) is 24.1 Å². The fourth-order valence-corrected chi connectivity index (χ4v) is 2.67. The van der Waals surface area contributed by atoms with Crippen LogP contribution in [0.3, 0.4) is 0 Å². The zero-order chi connectivity index (χ0) is 14.3. The highest BCUT2D eigenvalue weighted by Crippen LogP contribution is 2.42. The van der Waals surface area contributed by atoms with Gasteiger partial charge in [-0.1, -0.05) is 12.1 Å². The van der Waals surface area contributed by atoms with Crippen LogP contribution in [0.4, 0.5) is 11.4 Å². The highest BCUT2D eigenvalue weighted by atomic mass is 16.6. The van der Waals surface area contributed by atoms with Crippen molar-refractivity contribution < 1.29 is 4.92 Å². The second-order valence-corrected chi connectivity index (χ2v) is 5.91. The molecule has 1 heterocycles. The maximum atomic E-state index is 11.1. The van der Waals surface area contributed by atoms with Crippen LogP contribution in [0.25, 0.3) is 10.9 Å². The number of rotatable bonds is 4. The smallest absolute Gasteiger partial charge is 0.295 e. The molecule has 0 amide bonds. The topological polar surface area (TPSA) is 68.1 Å². The molecular weight excluding hydrogens is 254 g/mol. The number of nitrogens with one attached hydrogen (secondary N) is 1. The highest BCUT2D eigenvalue weighted by Gasteiger charge is 2.37. The summed E-state index contributed by atoms with van der Waals surface area (Å²) in [5, 5.41) is 15.4. The number of non-ortho nitro benzene ring substituents is 1. The number of pyridine rings is 1. The van der Waals surface area contributed by atoms with E-state index in [1.54, 1.807) is 12.3 Å². The standard InChI is InChI=1S/C15H17N3O2/c1-15(2,10-6-7-10)17-12-8-9-16-14-11(12)4-3-5-13(14)18(19)20/h3-5,8-10H,6-7H2,1-2H3,(H,16,17). The Balaban J connectivity index is 2.08. The van der Waals surface area contributed by atoms with Gasteiger partial charge in [0.1, 0.15) is 5.52 Å². The molecule has 1 aromatic carbocycles. The maximum Gasteiger partial charge on any atom is 0.295 e. The predicted molar refractivity (Wildman–Crippen MR) is 78.8 cm³/mol. The molecule has 0 aliphatic heterocycles. The van der Waals surface area contributed by atoms with Crippen LogP contribution in [0.15, 0.2) is 30.5 Å². The van der Waals surface area contributed by atoms with E-state index in [9.17, 15) is 10.1 Å². The molecule has 0 saturated heterocycles. The lowest BCUT2D eigenvalue weighted by atomic mass is 9.97. The molecule has 1 aliphatic carbocycles. The minimum absolute atomic E-state index is 0.00109. The van der Waals surface area contributed by atoms with E-state index in [4.69, 9.17) is 0 Å². The number of nitro groups is 1. The molecule has 0 unspecified atom stereocenters. The fraction of sp³-hybridized carbons (Fsp3) is 0.400. The second-order valence-electron chi connectivity index (χ2n) is 5.91. The first-order valence-corrected chi connectivity index (χ1v) is 6.79. The normalized spacial score (nSPS) is 15.3. The molecule has 0 atom stereocenters. The number of nitro benzene ring substituents is 1. The van der Waals surface area contributed by atoms with Gasteiger partial charge in [0.05, 0.1) is 4.92 Å². The van der Waals surface area contributed by atoms with E-state index in [1.807, 2.05) is 12.1 Å². The fourth-order valence-electron chi connectivity index (χ4n) is 2.67. The molecule has 1 aromatic heterocycles. The molecule has 3 rings (SSSR count). The summed E-state index contributed by atoms with van der Waals surface area (Å²) in [6.45, 7) is 4.35. The lowest BCUT2D eigenvalue weighted by molar-refractivity contribution is -0.383. The first kappa shape index (κ1) is 12.8. The monoisotopic (exact) mass is 271 g/mol. The molecule has 5 heteroatoms. The van der Waals surface area contributed by atoms with E-state index in [0.29, 0.717) is 11.4 Å². The van der Waals surface area contributed by atoms with Crippen molar-refractivity contribution in [3.05, 3.63) is 40.6 Å². The zero-order valence-corrected chi connectivity index (χ0v) is 11.6. The van der Waals surface area contributed by atoms with Crippen LogP contribution < -0.4 is 5.32 Å². The Hall–Kier alpha value is -2.17. The van der Waals surface area contributed by atoms with Crippen molar-refractivity contribution in [2.24, 2.45) is 5.92 Å². The van der Waals surface area contributed by atoms with Gasteiger partial charge in [0.25, 0.3) is 5.69 Å². The summed E-state index contributed by atoms with van der Waals surface area (Å²) in [6.07, 6.45) is 4.10. The molecule has 1 N–H and O–H groups in total. The summed E-state index contributed by atoms with van der Waals surface area (Å²) in [4.78, 5) is 14.9. The number of fused-ring (bicyclic) bond motifs is 1. The third-order valence-electron chi connectivity index (χ3n) is 4.00. The Bertz CT molecular complexity index is 678. The van der Waals surface area contributed by atoms with Crippen LogP contribution in [0, 0.1) is 16.0 Å². The van der Waals surface area contributed by atoms with Gasteiger partial charge in [0, 0.05) is 28.9 Å². The van der Waals surface area contributed by atoms with Crippen LogP contribution >= 0.6 is 0 Å². The Kier molecular flexibility index (Phi) is 2.85. The van der Waals surface area contributed by atoms with Crippen LogP contribution in [-0.4, -0.2) is 15.4 Å². The molecule has 104 valence electrons. The molecule has 1 fully saturated rings. The first-order valence-electron chi connectivity index (χ1n) is 6.79. The Labute approximate surface area is 117 Å². The van der Waals surface area contributed by atoms with Gasteiger partial charge in [-0.15, -0.1) is 0 Å². The summed E-state index contributed by atoms with van der Waals surface area (Å²) in [5.74, 6) is 0.671. The minimum Gasteiger partial charge on any atom is -0.379 e. The summed E-state index contributed by atoms with van der Waals surface area (Å²) >= 11 is 0. The number of nitrogens with zero attached hydrogens (tertiary/aromatic N) is 2. The highest BCUT2D eigenvalue weighted by molar-refractivity contribution is 5.96.